The molecule has 0 saturated carbocycles. The van der Waals surface area contributed by atoms with E-state index in [0.29, 0.717) is 4.08 Å². The molecule has 0 atom stereocenters. The summed E-state index contributed by atoms with van der Waals surface area (Å²) in [6.45, 7) is 5.78. The molecule has 1 saturated heterocycles. The van der Waals surface area contributed by atoms with Crippen molar-refractivity contribution >= 4 is 23.5 Å². The molecule has 0 bridgehead atoms. The van der Waals surface area contributed by atoms with E-state index in [2.05, 4.69) is 53.1 Å². The molecule has 1 aromatic heterocycles. The van der Waals surface area contributed by atoms with Crippen LogP contribution in [-0.4, -0.2) is 25.1 Å². The number of imidazole rings is 1. The van der Waals surface area contributed by atoms with Crippen LogP contribution < -0.4 is 0 Å². The summed E-state index contributed by atoms with van der Waals surface area (Å²) in [7, 11) is 0. The number of aromatic nitrogens is 2. The summed E-state index contributed by atoms with van der Waals surface area (Å²) in [6, 6.07) is 0. The molecular formula is C16H28N2S2. The topological polar surface area (TPSA) is 17.8 Å². The molecule has 2 rings (SSSR count). The third kappa shape index (κ3) is 5.03. The van der Waals surface area contributed by atoms with Gasteiger partial charge in [-0.05, 0) is 23.8 Å². The van der Waals surface area contributed by atoms with Crippen LogP contribution in [0.4, 0.5) is 0 Å². The minimum absolute atomic E-state index is 0.388. The molecule has 0 spiro atoms. The molecule has 4 heteroatoms. The highest BCUT2D eigenvalue weighted by molar-refractivity contribution is 8.18. The first-order chi connectivity index (χ1) is 9.74. The van der Waals surface area contributed by atoms with Gasteiger partial charge in [0.1, 0.15) is 0 Å². The molecule has 0 amide bonds. The smallest absolute Gasteiger partial charge is 0.0946 e. The molecule has 2 nitrogen and oxygen atoms in total. The van der Waals surface area contributed by atoms with Crippen LogP contribution in [0.25, 0.3) is 0 Å². The van der Waals surface area contributed by atoms with E-state index in [4.69, 9.17) is 0 Å². The zero-order valence-corrected chi connectivity index (χ0v) is 14.5. The first kappa shape index (κ1) is 16.3. The van der Waals surface area contributed by atoms with Crippen molar-refractivity contribution in [3.05, 3.63) is 18.7 Å². The Morgan fingerprint density at radius 3 is 2.60 bits per heavy atom. The normalized spacial score (nSPS) is 26.8. The fraction of sp³-hybridized carbons (Fsp3) is 0.812. The maximum atomic E-state index is 4.20. The fourth-order valence-corrected chi connectivity index (χ4v) is 6.01. The standard InChI is InChI=1S/C16H28N2S2/c1-3-4-5-6-7-8-16(13-18-10-9-17-14-18)19-11-15(2)12-20-16/h9-10,14-15H,3-8,11-13H2,1-2H3. The number of hydrogen-bond donors (Lipinski definition) is 0. The van der Waals surface area contributed by atoms with E-state index in [1.165, 1.54) is 50.0 Å². The van der Waals surface area contributed by atoms with Gasteiger partial charge in [0.15, 0.2) is 0 Å². The van der Waals surface area contributed by atoms with Crippen molar-refractivity contribution in [2.24, 2.45) is 5.92 Å². The zero-order valence-electron chi connectivity index (χ0n) is 12.9. The van der Waals surface area contributed by atoms with E-state index in [0.717, 1.165) is 12.5 Å². The van der Waals surface area contributed by atoms with Crippen LogP contribution in [0.1, 0.15) is 52.4 Å². The summed E-state index contributed by atoms with van der Waals surface area (Å²) < 4.78 is 2.65. The average Bonchev–Trinajstić information content (AvgIpc) is 2.95. The van der Waals surface area contributed by atoms with Gasteiger partial charge >= 0.3 is 0 Å². The van der Waals surface area contributed by atoms with Gasteiger partial charge in [0, 0.05) is 18.9 Å². The third-order valence-electron chi connectivity index (χ3n) is 3.91. The monoisotopic (exact) mass is 312 g/mol. The van der Waals surface area contributed by atoms with E-state index in [1.54, 1.807) is 0 Å². The van der Waals surface area contributed by atoms with Gasteiger partial charge in [-0.1, -0.05) is 46.0 Å². The molecule has 0 aromatic carbocycles. The van der Waals surface area contributed by atoms with Gasteiger partial charge in [0.25, 0.3) is 0 Å². The van der Waals surface area contributed by atoms with E-state index in [9.17, 15) is 0 Å². The quantitative estimate of drug-likeness (QED) is 0.625. The van der Waals surface area contributed by atoms with Gasteiger partial charge < -0.3 is 4.57 Å². The molecular weight excluding hydrogens is 284 g/mol. The van der Waals surface area contributed by atoms with E-state index in [1.807, 2.05) is 12.5 Å². The van der Waals surface area contributed by atoms with Crippen LogP contribution in [0.15, 0.2) is 18.7 Å². The summed E-state index contributed by atoms with van der Waals surface area (Å²) in [4.78, 5) is 4.20. The molecule has 1 fully saturated rings. The highest BCUT2D eigenvalue weighted by atomic mass is 32.2. The Hall–Kier alpha value is -0.0900. The summed E-state index contributed by atoms with van der Waals surface area (Å²) in [6.07, 6.45) is 14.2. The average molecular weight is 313 g/mol. The summed E-state index contributed by atoms with van der Waals surface area (Å²) in [5.74, 6) is 3.49. The van der Waals surface area contributed by atoms with Crippen molar-refractivity contribution in [2.75, 3.05) is 11.5 Å². The molecule has 0 unspecified atom stereocenters. The molecule has 1 aliphatic rings. The number of unbranched alkanes of at least 4 members (excludes halogenated alkanes) is 4. The second-order valence-electron chi connectivity index (χ2n) is 6.04. The SMILES string of the molecule is CCCCCCCC1(Cn2ccnc2)SCC(C)CS1. The summed E-state index contributed by atoms with van der Waals surface area (Å²) in [5.41, 5.74) is 0. The Morgan fingerprint density at radius 1 is 1.20 bits per heavy atom. The lowest BCUT2D eigenvalue weighted by Crippen LogP contribution is -2.33. The Morgan fingerprint density at radius 2 is 1.95 bits per heavy atom. The van der Waals surface area contributed by atoms with Crippen LogP contribution >= 0.6 is 23.5 Å². The lowest BCUT2D eigenvalue weighted by Gasteiger charge is -2.38. The minimum Gasteiger partial charge on any atom is -0.335 e. The highest BCUT2D eigenvalue weighted by Gasteiger charge is 2.35. The Kier molecular flexibility index (Phi) is 6.82. The van der Waals surface area contributed by atoms with Gasteiger partial charge in [-0.2, -0.15) is 0 Å². The Balaban J connectivity index is 1.86. The van der Waals surface area contributed by atoms with Crippen LogP contribution in [0, 0.1) is 5.92 Å². The van der Waals surface area contributed by atoms with Gasteiger partial charge in [-0.3, -0.25) is 0 Å². The number of nitrogens with zero attached hydrogens (tertiary/aromatic N) is 2. The lowest BCUT2D eigenvalue weighted by molar-refractivity contribution is 0.531. The van der Waals surface area contributed by atoms with E-state index < -0.39 is 0 Å². The van der Waals surface area contributed by atoms with Gasteiger partial charge in [-0.25, -0.2) is 4.98 Å². The first-order valence-electron chi connectivity index (χ1n) is 7.98. The minimum atomic E-state index is 0.388. The molecule has 0 radical (unpaired) electrons. The van der Waals surface area contributed by atoms with Gasteiger partial charge in [0.2, 0.25) is 0 Å². The van der Waals surface area contributed by atoms with E-state index in [-0.39, 0.29) is 0 Å². The molecule has 20 heavy (non-hydrogen) atoms. The van der Waals surface area contributed by atoms with Crippen molar-refractivity contribution in [2.45, 2.75) is 63.0 Å². The van der Waals surface area contributed by atoms with Crippen molar-refractivity contribution in [1.29, 1.82) is 0 Å². The van der Waals surface area contributed by atoms with Crippen LogP contribution in [0.3, 0.4) is 0 Å². The third-order valence-corrected chi connectivity index (χ3v) is 7.80. The van der Waals surface area contributed by atoms with Gasteiger partial charge in [-0.15, -0.1) is 23.5 Å². The summed E-state index contributed by atoms with van der Waals surface area (Å²) in [5, 5.41) is 0. The van der Waals surface area contributed by atoms with Crippen molar-refractivity contribution in [1.82, 2.24) is 9.55 Å². The van der Waals surface area contributed by atoms with Crippen LogP contribution in [0.2, 0.25) is 0 Å². The fourth-order valence-electron chi connectivity index (χ4n) is 2.65. The predicted molar refractivity (Wildman–Crippen MR) is 92.4 cm³/mol. The lowest BCUT2D eigenvalue weighted by atomic mass is 10.1. The number of rotatable bonds is 8. The molecule has 0 aliphatic carbocycles. The second-order valence-corrected chi connectivity index (χ2v) is 9.10. The zero-order chi connectivity index (χ0) is 14.3. The van der Waals surface area contributed by atoms with Crippen molar-refractivity contribution in [3.8, 4) is 0 Å². The number of hydrogen-bond acceptors (Lipinski definition) is 3. The van der Waals surface area contributed by atoms with Crippen molar-refractivity contribution in [3.63, 3.8) is 0 Å². The largest absolute Gasteiger partial charge is 0.335 e. The molecule has 1 aromatic rings. The highest BCUT2D eigenvalue weighted by Crippen LogP contribution is 2.48. The maximum Gasteiger partial charge on any atom is 0.0946 e. The van der Waals surface area contributed by atoms with E-state index >= 15 is 0 Å². The molecule has 0 N–H and O–H groups in total. The molecule has 114 valence electrons. The molecule has 2 heterocycles. The Bertz CT molecular complexity index is 357. The summed E-state index contributed by atoms with van der Waals surface area (Å²) >= 11 is 4.39. The van der Waals surface area contributed by atoms with Crippen LogP contribution in [-0.2, 0) is 6.54 Å². The predicted octanol–water partition coefficient (Wildman–Crippen LogP) is 5.06. The molecule has 1 aliphatic heterocycles. The Labute approximate surface area is 132 Å². The maximum absolute atomic E-state index is 4.20. The second kappa shape index (κ2) is 8.38. The van der Waals surface area contributed by atoms with Crippen molar-refractivity contribution < 1.29 is 0 Å². The van der Waals surface area contributed by atoms with Gasteiger partial charge in [0.05, 0.1) is 10.4 Å². The number of thioether (sulfide) groups is 2. The first-order valence-corrected chi connectivity index (χ1v) is 9.95. The van der Waals surface area contributed by atoms with Crippen LogP contribution in [0.5, 0.6) is 0 Å².